The Morgan fingerprint density at radius 1 is 0.562 bits per heavy atom. The Morgan fingerprint density at radius 3 is 1.74 bits per heavy atom. The monoisotopic (exact) mass is 1120 g/mol. The summed E-state index contributed by atoms with van der Waals surface area (Å²) in [6.07, 6.45) is -24.6. The van der Waals surface area contributed by atoms with Crippen LogP contribution in [0.25, 0.3) is 52.2 Å². The standard InChI is InChI=1S/C46H56N16O18/c1-23(63)69-22-32-35(77-44-33(54-59-49)36(72-25(3)65)34(71-24(2)64)31(75-44)18-52-57-47)40(73-26(4)66)45(76-32)78-37-38(68-5)41(55-60-50)80-42(56-61-51)39(37)79-43-30(53-58-48)17-16-29(74-43)20-62(19-27-12-8-6-9-13-27)46(67)70-21-28-14-10-7-11-15-28/h6-15,29-45H,16-22H2,1-5H3/t29-,30?,31-,32+,33?,34+,35+,36+,37+,38+,39-,40+,41?,42?,43+,44+,45-/m0/s1. The molecule has 0 saturated carbocycles. The van der Waals surface area contributed by atoms with E-state index in [0.717, 1.165) is 38.8 Å². The van der Waals surface area contributed by atoms with E-state index in [2.05, 4.69) is 50.1 Å². The molecule has 4 unspecified atom stereocenters. The third-order valence-electron chi connectivity index (χ3n) is 12.4. The van der Waals surface area contributed by atoms with E-state index in [9.17, 15) is 51.6 Å². The molecule has 4 heterocycles. The molecule has 4 saturated heterocycles. The van der Waals surface area contributed by atoms with Crippen LogP contribution in [0.15, 0.2) is 86.2 Å². The molecule has 428 valence electrons. The molecule has 2 aromatic rings. The fourth-order valence-corrected chi connectivity index (χ4v) is 9.18. The molecule has 2 aromatic carbocycles. The second kappa shape index (κ2) is 30.3. The summed E-state index contributed by atoms with van der Waals surface area (Å²) < 4.78 is 78.0. The van der Waals surface area contributed by atoms with Crippen molar-refractivity contribution < 1.29 is 85.6 Å². The average Bonchev–Trinajstić information content (AvgIpc) is 3.78. The number of nitrogens with zero attached hydrogens (tertiary/aromatic N) is 16. The van der Waals surface area contributed by atoms with E-state index in [1.165, 1.54) is 12.0 Å². The first kappa shape index (κ1) is 61.0. The van der Waals surface area contributed by atoms with Gasteiger partial charge in [0.1, 0.15) is 55.9 Å². The minimum Gasteiger partial charge on any atom is -0.463 e. The van der Waals surface area contributed by atoms with Crippen molar-refractivity contribution in [1.29, 1.82) is 0 Å². The van der Waals surface area contributed by atoms with Gasteiger partial charge in [-0.15, -0.1) is 0 Å². The molecule has 34 heteroatoms. The van der Waals surface area contributed by atoms with Crippen molar-refractivity contribution >= 4 is 30.0 Å². The summed E-state index contributed by atoms with van der Waals surface area (Å²) in [5, 5.41) is 18.6. The molecule has 6 rings (SSSR count). The number of carbonyl (C=O) groups is 5. The molecule has 1 amide bonds. The van der Waals surface area contributed by atoms with Crippen LogP contribution < -0.4 is 0 Å². The van der Waals surface area contributed by atoms with Gasteiger partial charge in [-0.2, -0.15) is 0 Å². The lowest BCUT2D eigenvalue weighted by Crippen LogP contribution is -2.62. The molecule has 0 aliphatic carbocycles. The van der Waals surface area contributed by atoms with E-state index in [4.69, 9.17) is 61.6 Å². The number of azide groups is 5. The molecule has 0 radical (unpaired) electrons. The zero-order valence-electron chi connectivity index (χ0n) is 43.5. The van der Waals surface area contributed by atoms with Crippen LogP contribution in [-0.4, -0.2) is 166 Å². The first-order chi connectivity index (χ1) is 38.6. The lowest BCUT2D eigenvalue weighted by atomic mass is 9.96. The number of hydrogen-bond acceptors (Lipinski definition) is 23. The normalized spacial score (nSPS) is 30.6. The third kappa shape index (κ3) is 16.7. The Kier molecular flexibility index (Phi) is 23.1. The number of esters is 4. The largest absolute Gasteiger partial charge is 0.463 e. The topological polar surface area (TPSA) is 452 Å². The number of carbonyl (C=O) groups excluding carboxylic acids is 5. The molecule has 17 atom stereocenters. The van der Waals surface area contributed by atoms with Gasteiger partial charge in [0.15, 0.2) is 49.6 Å². The van der Waals surface area contributed by atoms with Gasteiger partial charge in [-0.05, 0) is 51.6 Å². The van der Waals surface area contributed by atoms with Crippen molar-refractivity contribution in [2.75, 3.05) is 26.8 Å². The third-order valence-corrected chi connectivity index (χ3v) is 12.4. The molecule has 0 N–H and O–H groups in total. The van der Waals surface area contributed by atoms with Crippen molar-refractivity contribution in [2.45, 2.75) is 158 Å². The predicted molar refractivity (Wildman–Crippen MR) is 264 cm³/mol. The molecule has 0 spiro atoms. The maximum Gasteiger partial charge on any atom is 0.410 e. The molecular weight excluding hydrogens is 1060 g/mol. The first-order valence-corrected chi connectivity index (χ1v) is 24.5. The number of hydrogen-bond donors (Lipinski definition) is 0. The summed E-state index contributed by atoms with van der Waals surface area (Å²) in [7, 11) is 1.17. The van der Waals surface area contributed by atoms with Gasteiger partial charge in [0.25, 0.3) is 0 Å². The van der Waals surface area contributed by atoms with E-state index in [0.29, 0.717) is 0 Å². The van der Waals surface area contributed by atoms with E-state index in [1.54, 1.807) is 36.4 Å². The van der Waals surface area contributed by atoms with Crippen molar-refractivity contribution in [3.8, 4) is 0 Å². The predicted octanol–water partition coefficient (Wildman–Crippen LogP) is 6.28. The second-order valence-electron chi connectivity index (χ2n) is 17.9. The Hall–Kier alpha value is -8.18. The van der Waals surface area contributed by atoms with E-state index < -0.39 is 148 Å². The molecule has 34 nitrogen and oxygen atoms in total. The van der Waals surface area contributed by atoms with Gasteiger partial charge in [-0.1, -0.05) is 86.2 Å². The molecule has 0 bridgehead atoms. The van der Waals surface area contributed by atoms with Gasteiger partial charge in [-0.25, -0.2) is 4.79 Å². The molecule has 80 heavy (non-hydrogen) atoms. The van der Waals surface area contributed by atoms with Crippen molar-refractivity contribution in [2.24, 2.45) is 25.6 Å². The van der Waals surface area contributed by atoms with Crippen molar-refractivity contribution in [3.63, 3.8) is 0 Å². The quantitative estimate of drug-likeness (QED) is 0.0367. The highest BCUT2D eigenvalue weighted by Gasteiger charge is 2.58. The molecule has 0 aromatic heterocycles. The van der Waals surface area contributed by atoms with Crippen LogP contribution in [0.4, 0.5) is 4.79 Å². The fourth-order valence-electron chi connectivity index (χ4n) is 9.18. The number of benzene rings is 2. The Balaban J connectivity index is 1.37. The maximum absolute atomic E-state index is 13.8. The minimum atomic E-state index is -1.88. The summed E-state index contributed by atoms with van der Waals surface area (Å²) in [4.78, 5) is 79.9. The zero-order chi connectivity index (χ0) is 57.7. The van der Waals surface area contributed by atoms with E-state index >= 15 is 0 Å². The Morgan fingerprint density at radius 2 is 1.14 bits per heavy atom. The van der Waals surface area contributed by atoms with Gasteiger partial charge in [-0.3, -0.25) is 19.2 Å². The van der Waals surface area contributed by atoms with Crippen molar-refractivity contribution in [1.82, 2.24) is 4.90 Å². The van der Waals surface area contributed by atoms with Gasteiger partial charge in [0, 0.05) is 65.9 Å². The second-order valence-corrected chi connectivity index (χ2v) is 17.9. The number of amides is 1. The fraction of sp³-hybridized carbons (Fsp3) is 0.630. The zero-order valence-corrected chi connectivity index (χ0v) is 43.5. The summed E-state index contributed by atoms with van der Waals surface area (Å²) in [5.74, 6) is -3.65. The van der Waals surface area contributed by atoms with Crippen LogP contribution in [0, 0.1) is 0 Å². The summed E-state index contributed by atoms with van der Waals surface area (Å²) in [6, 6.07) is 15.3. The summed E-state index contributed by atoms with van der Waals surface area (Å²) >= 11 is 0. The van der Waals surface area contributed by atoms with Crippen LogP contribution >= 0.6 is 0 Å². The molecule has 4 fully saturated rings. The highest BCUT2D eigenvalue weighted by molar-refractivity contribution is 5.68. The Bertz CT molecular complexity index is 2710. The minimum absolute atomic E-state index is 0.0402. The lowest BCUT2D eigenvalue weighted by molar-refractivity contribution is -0.326. The van der Waals surface area contributed by atoms with Gasteiger partial charge >= 0.3 is 30.0 Å². The molecule has 4 aliphatic heterocycles. The van der Waals surface area contributed by atoms with E-state index in [1.807, 2.05) is 24.3 Å². The lowest BCUT2D eigenvalue weighted by Gasteiger charge is -2.46. The van der Waals surface area contributed by atoms with E-state index in [-0.39, 0.29) is 32.5 Å². The molecular formula is C46H56N16O18. The Labute approximate surface area is 454 Å². The SMILES string of the molecule is CO[C@H]1C(N=[N+]=[N-])OC(N=[N+]=[N-])[C@@H](O[C@H]2O[C@H](CN(Cc3ccccc3)C(=O)OCc3ccccc3)CCC2N=[N+]=[N-])[C@@H]1O[C@@H]1O[C@H](COC(C)=O)[C@@H](O[C@H]2O[C@@H](CN=[N+]=[N-])[C@@H](OC(C)=O)[C@H](OC(C)=O)C2N=[N+]=[N-])[C@H]1OC(C)=O. The van der Waals surface area contributed by atoms with Gasteiger partial charge in [0.05, 0.1) is 25.2 Å². The smallest absolute Gasteiger partial charge is 0.410 e. The van der Waals surface area contributed by atoms with Crippen LogP contribution in [-0.2, 0) is 93.9 Å². The van der Waals surface area contributed by atoms with Gasteiger partial charge in [0.2, 0.25) is 0 Å². The van der Waals surface area contributed by atoms with Gasteiger partial charge < -0.3 is 66.5 Å². The van der Waals surface area contributed by atoms with Crippen LogP contribution in [0.2, 0.25) is 0 Å². The average molecular weight is 1120 g/mol. The van der Waals surface area contributed by atoms with Crippen LogP contribution in [0.5, 0.6) is 0 Å². The molecule has 4 aliphatic rings. The first-order valence-electron chi connectivity index (χ1n) is 24.5. The summed E-state index contributed by atoms with van der Waals surface area (Å²) in [5.41, 5.74) is 49.8. The number of methoxy groups -OCH3 is 1. The maximum atomic E-state index is 13.8. The number of ether oxygens (including phenoxy) is 13. The van der Waals surface area contributed by atoms with Crippen LogP contribution in [0.1, 0.15) is 51.7 Å². The summed E-state index contributed by atoms with van der Waals surface area (Å²) in [6.45, 7) is 2.84. The number of rotatable bonds is 24. The van der Waals surface area contributed by atoms with Crippen LogP contribution in [0.3, 0.4) is 0 Å². The highest BCUT2D eigenvalue weighted by atomic mass is 16.8. The van der Waals surface area contributed by atoms with Crippen molar-refractivity contribution in [3.05, 3.63) is 124 Å². The highest BCUT2D eigenvalue weighted by Crippen LogP contribution is 2.39.